The number of rotatable bonds is 1. The third-order valence-corrected chi connectivity index (χ3v) is 3.90. The number of ether oxygens (including phenoxy) is 1. The van der Waals surface area contributed by atoms with Gasteiger partial charge in [0, 0.05) is 33.6 Å². The van der Waals surface area contributed by atoms with Crippen LogP contribution in [0.2, 0.25) is 0 Å². The molecule has 0 heterocycles. The van der Waals surface area contributed by atoms with Crippen LogP contribution in [0.4, 0.5) is 17.3 Å². The van der Waals surface area contributed by atoms with Crippen LogP contribution in [0.15, 0.2) is 0 Å². The van der Waals surface area contributed by atoms with E-state index in [2.05, 4.69) is 41.0 Å². The van der Waals surface area contributed by atoms with Crippen LogP contribution in [-0.4, -0.2) is 14.4 Å². The summed E-state index contributed by atoms with van der Waals surface area (Å²) in [6.45, 7) is 11.0. The molecule has 2 rings (SSSR count). The standard InChI is InChI=1S/C10H15.C7H9O.BF4.Ir/c1-6-7(2)9(4)10(5)8(6)3;1-8-7-5-3-2-4-6-7;2-1(3,4)5;/h1-5H3;2-3,5-6H,4H2,1H3;;/q;;-1;. The van der Waals surface area contributed by atoms with Gasteiger partial charge in [-0.2, -0.15) is 0 Å². The Morgan fingerprint density at radius 2 is 1.17 bits per heavy atom. The first kappa shape index (κ1) is 26.6. The molecule has 7 heteroatoms. The molecule has 2 fully saturated rings. The first-order valence-electron chi connectivity index (χ1n) is 7.30. The van der Waals surface area contributed by atoms with Crippen molar-refractivity contribution in [1.82, 2.24) is 0 Å². The van der Waals surface area contributed by atoms with Crippen molar-refractivity contribution in [2.24, 2.45) is 0 Å². The Kier molecular flexibility index (Phi) is 14.1. The van der Waals surface area contributed by atoms with E-state index < -0.39 is 7.25 Å². The van der Waals surface area contributed by atoms with Gasteiger partial charge in [-0.1, -0.05) is 34.6 Å². The van der Waals surface area contributed by atoms with Crippen molar-refractivity contribution >= 4 is 7.25 Å². The van der Waals surface area contributed by atoms with Gasteiger partial charge < -0.3 is 22.0 Å². The zero-order valence-electron chi connectivity index (χ0n) is 14.8. The van der Waals surface area contributed by atoms with E-state index >= 15 is 0 Å². The Morgan fingerprint density at radius 1 is 0.833 bits per heavy atom. The molecule has 0 unspecified atom stereocenters. The minimum absolute atomic E-state index is 0. The molecule has 0 aliphatic heterocycles. The summed E-state index contributed by atoms with van der Waals surface area (Å²) in [4.78, 5) is 0. The predicted molar refractivity (Wildman–Crippen MR) is 86.8 cm³/mol. The van der Waals surface area contributed by atoms with E-state index in [9.17, 15) is 17.3 Å². The second kappa shape index (κ2) is 12.7. The van der Waals surface area contributed by atoms with E-state index in [0.717, 1.165) is 12.5 Å². The van der Waals surface area contributed by atoms with Crippen LogP contribution in [0.1, 0.15) is 41.0 Å². The number of methoxy groups -OCH3 is 1. The minimum atomic E-state index is -6.00. The summed E-state index contributed by atoms with van der Waals surface area (Å²) in [6, 6.07) is 0. The second-order valence-electron chi connectivity index (χ2n) is 5.26. The first-order chi connectivity index (χ1) is 10.5. The van der Waals surface area contributed by atoms with E-state index in [1.54, 1.807) is 7.11 Å². The Balaban J connectivity index is 0. The van der Waals surface area contributed by atoms with E-state index in [4.69, 9.17) is 4.74 Å². The summed E-state index contributed by atoms with van der Waals surface area (Å²) >= 11 is 0. The monoisotopic (exact) mass is 524 g/mol. The summed E-state index contributed by atoms with van der Waals surface area (Å²) < 4.78 is 43.9. The van der Waals surface area contributed by atoms with Gasteiger partial charge in [0.25, 0.3) is 0 Å². The molecule has 24 heavy (non-hydrogen) atoms. The van der Waals surface area contributed by atoms with Gasteiger partial charge in [0.05, 0.1) is 0 Å². The van der Waals surface area contributed by atoms with Crippen LogP contribution < -0.4 is 0 Å². The number of hydrogen-bond donors (Lipinski definition) is 0. The second-order valence-corrected chi connectivity index (χ2v) is 5.26. The summed E-state index contributed by atoms with van der Waals surface area (Å²) in [5.74, 6) is 7.34. The number of halogens is 4. The van der Waals surface area contributed by atoms with Crippen molar-refractivity contribution < 1.29 is 42.1 Å². The molecule has 1 nitrogen and oxygen atoms in total. The molecule has 0 N–H and O–H groups in total. The van der Waals surface area contributed by atoms with Gasteiger partial charge in [-0.25, -0.2) is 0 Å². The van der Waals surface area contributed by atoms with Crippen LogP contribution in [-0.2, 0) is 24.8 Å². The van der Waals surface area contributed by atoms with Gasteiger partial charge in [0.2, 0.25) is 0 Å². The van der Waals surface area contributed by atoms with Crippen LogP contribution in [0.25, 0.3) is 0 Å². The molecule has 2 saturated carbocycles. The zero-order chi connectivity index (χ0) is 18.2. The SMILES string of the molecule is CO[C]1[CH][CH][CH]C[CH]1.C[C]1[C](C)[C](C)[C](C)[C]1C.F[B-](F)(F)F.[Ir]. The molecule has 0 aromatic carbocycles. The molecule has 0 amide bonds. The average Bonchev–Trinajstić information content (AvgIpc) is 2.65. The molecule has 0 aromatic rings. The van der Waals surface area contributed by atoms with E-state index in [-0.39, 0.29) is 20.1 Å². The molecule has 139 valence electrons. The van der Waals surface area contributed by atoms with Gasteiger partial charge in [0.15, 0.2) is 0 Å². The summed E-state index contributed by atoms with van der Waals surface area (Å²) in [5, 5.41) is 0. The van der Waals surface area contributed by atoms with Crippen LogP contribution in [0.5, 0.6) is 0 Å². The molecule has 0 aromatic heterocycles. The fraction of sp³-hybridized carbons (Fsp3) is 0.412. The largest absolute Gasteiger partial charge is 0.673 e. The van der Waals surface area contributed by atoms with Crippen molar-refractivity contribution in [3.8, 4) is 0 Å². The van der Waals surface area contributed by atoms with Gasteiger partial charge in [-0.15, -0.1) is 0 Å². The van der Waals surface area contributed by atoms with Crippen LogP contribution in [0, 0.1) is 61.4 Å². The van der Waals surface area contributed by atoms with Gasteiger partial charge in [0.1, 0.15) is 6.10 Å². The third-order valence-electron chi connectivity index (χ3n) is 3.90. The molecular formula is C17H24BF4IrO-. The fourth-order valence-electron chi connectivity index (χ4n) is 2.05. The van der Waals surface area contributed by atoms with Crippen LogP contribution >= 0.6 is 0 Å². The predicted octanol–water partition coefficient (Wildman–Crippen LogP) is 5.66. The van der Waals surface area contributed by atoms with Gasteiger partial charge >= 0.3 is 7.25 Å². The maximum Gasteiger partial charge on any atom is 0.673 e. The van der Waals surface area contributed by atoms with Crippen molar-refractivity contribution in [2.45, 2.75) is 41.0 Å². The molecule has 0 spiro atoms. The molecule has 2 aliphatic rings. The quantitative estimate of drug-likeness (QED) is 0.319. The Labute approximate surface area is 159 Å². The van der Waals surface area contributed by atoms with E-state index in [1.807, 2.05) is 19.3 Å². The summed E-state index contributed by atoms with van der Waals surface area (Å²) in [7, 11) is -4.32. The van der Waals surface area contributed by atoms with Crippen molar-refractivity contribution in [3.63, 3.8) is 0 Å². The van der Waals surface area contributed by atoms with Crippen molar-refractivity contribution in [1.29, 1.82) is 0 Å². The third kappa shape index (κ3) is 11.1. The van der Waals surface area contributed by atoms with E-state index in [0.29, 0.717) is 0 Å². The average molecular weight is 523 g/mol. The maximum absolute atomic E-state index is 9.75. The van der Waals surface area contributed by atoms with Crippen molar-refractivity contribution in [2.75, 3.05) is 7.11 Å². The molecule has 0 bridgehead atoms. The Hall–Kier alpha value is 0.394. The van der Waals surface area contributed by atoms with Crippen molar-refractivity contribution in [3.05, 3.63) is 61.4 Å². The molecule has 2 aliphatic carbocycles. The van der Waals surface area contributed by atoms with Gasteiger partial charge in [-0.3, -0.25) is 0 Å². The summed E-state index contributed by atoms with van der Waals surface area (Å²) in [5.41, 5.74) is 0. The fourth-order valence-corrected chi connectivity index (χ4v) is 2.05. The minimum Gasteiger partial charge on any atom is -0.418 e. The Bertz CT molecular complexity index is 261. The van der Waals surface area contributed by atoms with Gasteiger partial charge in [-0.05, 0) is 55.3 Å². The molecular weight excluding hydrogens is 499 g/mol. The first-order valence-corrected chi connectivity index (χ1v) is 7.30. The topological polar surface area (TPSA) is 9.23 Å². The molecule has 0 saturated heterocycles. The normalized spacial score (nSPS) is 22.2. The smallest absolute Gasteiger partial charge is 0.418 e. The maximum atomic E-state index is 9.75. The van der Waals surface area contributed by atoms with E-state index in [1.165, 1.54) is 29.6 Å². The molecule has 11 radical (unpaired) electrons. The molecule has 0 atom stereocenters. The number of hydrogen-bond acceptors (Lipinski definition) is 1. The Morgan fingerprint density at radius 3 is 1.33 bits per heavy atom. The summed E-state index contributed by atoms with van der Waals surface area (Å²) in [6.07, 6.45) is 10.0. The zero-order valence-corrected chi connectivity index (χ0v) is 17.2. The van der Waals surface area contributed by atoms with Crippen LogP contribution in [0.3, 0.4) is 0 Å².